The lowest BCUT2D eigenvalue weighted by Gasteiger charge is -2.24. The number of amides is 3. The van der Waals surface area contributed by atoms with E-state index in [-0.39, 0.29) is 17.6 Å². The van der Waals surface area contributed by atoms with Crippen molar-refractivity contribution in [2.75, 3.05) is 12.4 Å². The molecule has 0 aromatic heterocycles. The summed E-state index contributed by atoms with van der Waals surface area (Å²) < 4.78 is 0. The average Bonchev–Trinajstić information content (AvgIpc) is 2.59. The molecule has 0 fully saturated rings. The van der Waals surface area contributed by atoms with Crippen LogP contribution in [0.5, 0.6) is 0 Å². The van der Waals surface area contributed by atoms with E-state index in [1.54, 1.807) is 13.8 Å². The summed E-state index contributed by atoms with van der Waals surface area (Å²) in [5.41, 5.74) is 5.75. The van der Waals surface area contributed by atoms with Gasteiger partial charge in [0.15, 0.2) is 0 Å². The quantitative estimate of drug-likeness (QED) is 0.188. The first-order valence-electron chi connectivity index (χ1n) is 9.05. The molecule has 0 saturated heterocycles. The first kappa shape index (κ1) is 26.1. The molecule has 0 aliphatic rings. The maximum atomic E-state index is 12.3. The van der Waals surface area contributed by atoms with Crippen molar-refractivity contribution >= 4 is 36.3 Å². The molecule has 0 aromatic carbocycles. The number of hydrogen-bond donors (Lipinski definition) is 7. The molecule has 4 atom stereocenters. The molecule has 7 N–H and O–H groups in total. The second-order valence-corrected chi connectivity index (χ2v) is 7.66. The van der Waals surface area contributed by atoms with Gasteiger partial charge in [0.25, 0.3) is 0 Å². The van der Waals surface area contributed by atoms with Crippen LogP contribution in [0.1, 0.15) is 34.1 Å². The molecule has 0 aliphatic carbocycles. The number of carbonyl (C=O) groups is 4. The fourth-order valence-electron chi connectivity index (χ4n) is 2.32. The topological polar surface area (TPSA) is 171 Å². The van der Waals surface area contributed by atoms with Gasteiger partial charge in [-0.2, -0.15) is 12.6 Å². The highest BCUT2D eigenvalue weighted by Crippen LogP contribution is 2.04. The van der Waals surface area contributed by atoms with Crippen molar-refractivity contribution in [1.82, 2.24) is 16.0 Å². The third-order valence-corrected chi connectivity index (χ3v) is 4.29. The maximum absolute atomic E-state index is 12.3. The molecular formula is C17H32N4O6S. The lowest BCUT2D eigenvalue weighted by Crippen LogP contribution is -2.59. The van der Waals surface area contributed by atoms with Crippen molar-refractivity contribution in [2.45, 2.75) is 58.3 Å². The van der Waals surface area contributed by atoms with E-state index >= 15 is 0 Å². The minimum absolute atomic E-state index is 0.110. The van der Waals surface area contributed by atoms with Crippen LogP contribution in [0.4, 0.5) is 0 Å². The van der Waals surface area contributed by atoms with Gasteiger partial charge < -0.3 is 31.9 Å². The molecule has 0 spiro atoms. The van der Waals surface area contributed by atoms with Crippen LogP contribution >= 0.6 is 12.6 Å². The number of carboxylic acid groups (broad SMARTS) is 1. The number of rotatable bonds is 12. The highest BCUT2D eigenvalue weighted by Gasteiger charge is 2.30. The van der Waals surface area contributed by atoms with Gasteiger partial charge in [0.2, 0.25) is 17.7 Å². The van der Waals surface area contributed by atoms with Gasteiger partial charge in [-0.15, -0.1) is 0 Å². The molecule has 10 nitrogen and oxygen atoms in total. The van der Waals surface area contributed by atoms with Crippen molar-refractivity contribution in [3.63, 3.8) is 0 Å². The van der Waals surface area contributed by atoms with Gasteiger partial charge in [0, 0.05) is 5.75 Å². The van der Waals surface area contributed by atoms with Crippen LogP contribution in [0.2, 0.25) is 0 Å². The van der Waals surface area contributed by atoms with Crippen molar-refractivity contribution < 1.29 is 29.4 Å². The molecule has 0 rings (SSSR count). The summed E-state index contributed by atoms with van der Waals surface area (Å²) in [5.74, 6) is -3.65. The van der Waals surface area contributed by atoms with Crippen LogP contribution < -0.4 is 21.7 Å². The van der Waals surface area contributed by atoms with Gasteiger partial charge in [-0.3, -0.25) is 14.4 Å². The van der Waals surface area contributed by atoms with Crippen LogP contribution in [0, 0.1) is 11.8 Å². The van der Waals surface area contributed by atoms with Gasteiger partial charge in [-0.1, -0.05) is 27.7 Å². The van der Waals surface area contributed by atoms with Crippen LogP contribution in [-0.2, 0) is 19.2 Å². The third-order valence-electron chi connectivity index (χ3n) is 3.92. The Hall–Kier alpha value is -1.85. The molecule has 0 bridgehead atoms. The second kappa shape index (κ2) is 12.6. The number of thiol groups is 1. The summed E-state index contributed by atoms with van der Waals surface area (Å²) in [4.78, 5) is 47.9. The van der Waals surface area contributed by atoms with Crippen molar-refractivity contribution in [3.8, 4) is 0 Å². The highest BCUT2D eigenvalue weighted by atomic mass is 32.1. The number of nitrogens with one attached hydrogen (secondary N) is 3. The molecular weight excluding hydrogens is 388 g/mol. The van der Waals surface area contributed by atoms with Gasteiger partial charge in [0.05, 0.1) is 12.6 Å². The Labute approximate surface area is 170 Å². The predicted octanol–water partition coefficient (Wildman–Crippen LogP) is -1.52. The average molecular weight is 421 g/mol. The van der Waals surface area contributed by atoms with Crippen LogP contribution in [0.15, 0.2) is 0 Å². The molecule has 162 valence electrons. The first-order chi connectivity index (χ1) is 12.9. The van der Waals surface area contributed by atoms with Crippen molar-refractivity contribution in [1.29, 1.82) is 0 Å². The van der Waals surface area contributed by atoms with E-state index in [2.05, 4.69) is 28.6 Å². The number of aliphatic hydroxyl groups excluding tert-OH is 1. The minimum atomic E-state index is -1.30. The number of hydrogen-bond acceptors (Lipinski definition) is 7. The molecule has 4 unspecified atom stereocenters. The standard InChI is InChI=1S/C17H32N4O6S/c1-8(2)5-10(18)14(23)19-11(6-22)15(24)20-12(7-28)16(25)21-13(9(3)4)17(26)27/h8-13,22,28H,5-7,18H2,1-4H3,(H,19,23)(H,20,24)(H,21,25)(H,26,27). The van der Waals surface area contributed by atoms with Crippen LogP contribution in [0.3, 0.4) is 0 Å². The van der Waals surface area contributed by atoms with E-state index < -0.39 is 54.5 Å². The van der Waals surface area contributed by atoms with Gasteiger partial charge in [-0.05, 0) is 18.3 Å². The van der Waals surface area contributed by atoms with Crippen LogP contribution in [-0.4, -0.2) is 70.4 Å². The smallest absolute Gasteiger partial charge is 0.326 e. The molecule has 3 amide bonds. The molecule has 11 heteroatoms. The fourth-order valence-corrected chi connectivity index (χ4v) is 2.58. The molecule has 0 aliphatic heterocycles. The van der Waals surface area contributed by atoms with Crippen LogP contribution in [0.25, 0.3) is 0 Å². The monoisotopic (exact) mass is 420 g/mol. The minimum Gasteiger partial charge on any atom is -0.480 e. The predicted molar refractivity (Wildman–Crippen MR) is 107 cm³/mol. The van der Waals surface area contributed by atoms with E-state index in [0.29, 0.717) is 6.42 Å². The summed E-state index contributed by atoms with van der Waals surface area (Å²) in [7, 11) is 0. The number of carbonyl (C=O) groups excluding carboxylic acids is 3. The summed E-state index contributed by atoms with van der Waals surface area (Å²) >= 11 is 4.00. The fraction of sp³-hybridized carbons (Fsp3) is 0.765. The Morgan fingerprint density at radius 3 is 1.82 bits per heavy atom. The Morgan fingerprint density at radius 2 is 1.43 bits per heavy atom. The number of aliphatic hydroxyl groups is 1. The third kappa shape index (κ3) is 8.89. The zero-order chi connectivity index (χ0) is 22.0. The number of nitrogens with two attached hydrogens (primary N) is 1. The summed E-state index contributed by atoms with van der Waals surface area (Å²) in [6.07, 6.45) is 0.402. The normalized spacial score (nSPS) is 15.5. The maximum Gasteiger partial charge on any atom is 0.326 e. The van der Waals surface area contributed by atoms with Gasteiger partial charge in [0.1, 0.15) is 18.1 Å². The van der Waals surface area contributed by atoms with Crippen molar-refractivity contribution in [3.05, 3.63) is 0 Å². The van der Waals surface area contributed by atoms with Crippen molar-refractivity contribution in [2.24, 2.45) is 17.6 Å². The Kier molecular flexibility index (Phi) is 11.7. The zero-order valence-corrected chi connectivity index (χ0v) is 17.5. The largest absolute Gasteiger partial charge is 0.480 e. The Morgan fingerprint density at radius 1 is 0.929 bits per heavy atom. The summed E-state index contributed by atoms with van der Waals surface area (Å²) in [6, 6.07) is -4.42. The van der Waals surface area contributed by atoms with E-state index in [4.69, 9.17) is 10.8 Å². The van der Waals surface area contributed by atoms with Gasteiger partial charge in [-0.25, -0.2) is 4.79 Å². The molecule has 28 heavy (non-hydrogen) atoms. The zero-order valence-electron chi connectivity index (χ0n) is 16.6. The SMILES string of the molecule is CC(C)CC(N)C(=O)NC(CO)C(=O)NC(CS)C(=O)NC(C(=O)O)C(C)C. The second-order valence-electron chi connectivity index (χ2n) is 7.29. The molecule has 0 aromatic rings. The molecule has 0 heterocycles. The first-order valence-corrected chi connectivity index (χ1v) is 9.68. The van der Waals surface area contributed by atoms with E-state index in [1.807, 2.05) is 13.8 Å². The van der Waals surface area contributed by atoms with E-state index in [1.165, 1.54) is 0 Å². The Bertz CT molecular complexity index is 558. The van der Waals surface area contributed by atoms with E-state index in [9.17, 15) is 24.3 Å². The van der Waals surface area contributed by atoms with Gasteiger partial charge >= 0.3 is 5.97 Å². The van der Waals surface area contributed by atoms with E-state index in [0.717, 1.165) is 0 Å². The summed E-state index contributed by atoms with van der Waals surface area (Å²) in [5, 5.41) is 25.6. The Balaban J connectivity index is 4.97. The number of aliphatic carboxylic acids is 1. The molecule has 0 saturated carbocycles. The lowest BCUT2D eigenvalue weighted by molar-refractivity contribution is -0.143. The highest BCUT2D eigenvalue weighted by molar-refractivity contribution is 7.80. The molecule has 0 radical (unpaired) electrons. The number of carboxylic acids is 1. The lowest BCUT2D eigenvalue weighted by atomic mass is 10.0. The summed E-state index contributed by atoms with van der Waals surface area (Å²) in [6.45, 7) is 6.34.